The van der Waals surface area contributed by atoms with Gasteiger partial charge in [0.1, 0.15) is 11.6 Å². The number of nitrogens with one attached hydrogen (secondary N) is 2. The molecule has 4 rings (SSSR count). The SMILES string of the molecule is COc1ccccc1NC(=O)c1nc(Nc2ccc(Cl)cc2)c2ccccc2n1. The van der Waals surface area contributed by atoms with Gasteiger partial charge in [-0.15, -0.1) is 0 Å². The van der Waals surface area contributed by atoms with Crippen molar-refractivity contribution in [1.82, 2.24) is 9.97 Å². The molecule has 2 N–H and O–H groups in total. The van der Waals surface area contributed by atoms with Crippen LogP contribution in [0.5, 0.6) is 5.75 Å². The van der Waals surface area contributed by atoms with E-state index in [1.54, 1.807) is 31.4 Å². The Morgan fingerprint density at radius 2 is 1.66 bits per heavy atom. The topological polar surface area (TPSA) is 76.1 Å². The van der Waals surface area contributed by atoms with Crippen molar-refractivity contribution in [2.75, 3.05) is 17.7 Å². The van der Waals surface area contributed by atoms with Crippen LogP contribution in [0.4, 0.5) is 17.2 Å². The Balaban J connectivity index is 1.71. The minimum atomic E-state index is -0.431. The van der Waals surface area contributed by atoms with Crippen LogP contribution in [-0.4, -0.2) is 23.0 Å². The zero-order chi connectivity index (χ0) is 20.2. The normalized spacial score (nSPS) is 10.6. The van der Waals surface area contributed by atoms with Crippen LogP contribution in [0.3, 0.4) is 0 Å². The van der Waals surface area contributed by atoms with Gasteiger partial charge in [0.2, 0.25) is 5.82 Å². The van der Waals surface area contributed by atoms with Crippen LogP contribution in [0.25, 0.3) is 10.9 Å². The number of benzene rings is 3. The fourth-order valence-corrected chi connectivity index (χ4v) is 3.00. The number of para-hydroxylation sites is 3. The fraction of sp³-hybridized carbons (Fsp3) is 0.0455. The van der Waals surface area contributed by atoms with Gasteiger partial charge in [0.15, 0.2) is 0 Å². The number of methoxy groups -OCH3 is 1. The van der Waals surface area contributed by atoms with Gasteiger partial charge in [-0.1, -0.05) is 35.9 Å². The van der Waals surface area contributed by atoms with Gasteiger partial charge in [0.25, 0.3) is 5.91 Å². The summed E-state index contributed by atoms with van der Waals surface area (Å²) in [5, 5.41) is 7.49. The predicted octanol–water partition coefficient (Wildman–Crippen LogP) is 5.29. The summed E-state index contributed by atoms with van der Waals surface area (Å²) >= 11 is 5.96. The van der Waals surface area contributed by atoms with Gasteiger partial charge >= 0.3 is 0 Å². The molecule has 3 aromatic carbocycles. The molecule has 0 spiro atoms. The highest BCUT2D eigenvalue weighted by atomic mass is 35.5. The van der Waals surface area contributed by atoms with E-state index in [9.17, 15) is 4.79 Å². The predicted molar refractivity (Wildman–Crippen MR) is 115 cm³/mol. The fourth-order valence-electron chi connectivity index (χ4n) is 2.87. The second-order valence-corrected chi connectivity index (χ2v) is 6.64. The van der Waals surface area contributed by atoms with Crippen LogP contribution in [0.1, 0.15) is 10.6 Å². The molecular weight excluding hydrogens is 388 g/mol. The van der Waals surface area contributed by atoms with Crippen molar-refractivity contribution < 1.29 is 9.53 Å². The van der Waals surface area contributed by atoms with Gasteiger partial charge in [-0.3, -0.25) is 4.79 Å². The molecule has 1 amide bonds. The first kappa shape index (κ1) is 18.7. The number of carbonyl (C=O) groups excluding carboxylic acids is 1. The molecule has 1 heterocycles. The van der Waals surface area contributed by atoms with Crippen LogP contribution in [0, 0.1) is 0 Å². The lowest BCUT2D eigenvalue weighted by Gasteiger charge is -2.12. The monoisotopic (exact) mass is 404 g/mol. The summed E-state index contributed by atoms with van der Waals surface area (Å²) in [5.41, 5.74) is 2.00. The molecule has 0 fully saturated rings. The number of halogens is 1. The van der Waals surface area contributed by atoms with E-state index < -0.39 is 5.91 Å². The molecule has 29 heavy (non-hydrogen) atoms. The van der Waals surface area contributed by atoms with E-state index in [-0.39, 0.29) is 5.82 Å². The minimum Gasteiger partial charge on any atom is -0.495 e. The lowest BCUT2D eigenvalue weighted by Crippen LogP contribution is -2.17. The third kappa shape index (κ3) is 4.12. The number of rotatable bonds is 5. The molecule has 7 heteroatoms. The molecule has 0 aliphatic carbocycles. The number of nitrogens with zero attached hydrogens (tertiary/aromatic N) is 2. The zero-order valence-corrected chi connectivity index (χ0v) is 16.3. The molecule has 0 unspecified atom stereocenters. The smallest absolute Gasteiger partial charge is 0.293 e. The average molecular weight is 405 g/mol. The molecule has 1 aromatic heterocycles. The van der Waals surface area contributed by atoms with Gasteiger partial charge in [-0.05, 0) is 48.5 Å². The highest BCUT2D eigenvalue weighted by Crippen LogP contribution is 2.26. The number of anilines is 3. The Hall–Kier alpha value is -3.64. The number of hydrogen-bond donors (Lipinski definition) is 2. The molecule has 144 valence electrons. The number of aromatic nitrogens is 2. The van der Waals surface area contributed by atoms with Crippen LogP contribution in [-0.2, 0) is 0 Å². The van der Waals surface area contributed by atoms with Crippen molar-refractivity contribution in [2.24, 2.45) is 0 Å². The second-order valence-electron chi connectivity index (χ2n) is 6.20. The molecule has 0 radical (unpaired) electrons. The maximum absolute atomic E-state index is 12.8. The third-order valence-corrected chi connectivity index (χ3v) is 4.52. The lowest BCUT2D eigenvalue weighted by atomic mass is 10.2. The van der Waals surface area contributed by atoms with Gasteiger partial charge in [0.05, 0.1) is 18.3 Å². The minimum absolute atomic E-state index is 0.0473. The summed E-state index contributed by atoms with van der Waals surface area (Å²) in [4.78, 5) is 21.7. The highest BCUT2D eigenvalue weighted by molar-refractivity contribution is 6.30. The van der Waals surface area contributed by atoms with Crippen molar-refractivity contribution in [3.05, 3.63) is 83.6 Å². The van der Waals surface area contributed by atoms with E-state index in [1.165, 1.54) is 0 Å². The molecule has 0 atom stereocenters. The molecule has 4 aromatic rings. The van der Waals surface area contributed by atoms with E-state index in [1.807, 2.05) is 48.5 Å². The van der Waals surface area contributed by atoms with Crippen LogP contribution in [0.2, 0.25) is 5.02 Å². The zero-order valence-electron chi connectivity index (χ0n) is 15.5. The first-order valence-electron chi connectivity index (χ1n) is 8.88. The Morgan fingerprint density at radius 3 is 2.45 bits per heavy atom. The Labute approximate surface area is 172 Å². The van der Waals surface area contributed by atoms with Gasteiger partial charge < -0.3 is 15.4 Å². The summed E-state index contributed by atoms with van der Waals surface area (Å²) in [6, 6.07) is 21.9. The number of ether oxygens (including phenoxy) is 1. The molecule has 0 aliphatic rings. The van der Waals surface area contributed by atoms with E-state index in [4.69, 9.17) is 16.3 Å². The summed E-state index contributed by atoms with van der Waals surface area (Å²) in [6.07, 6.45) is 0. The van der Waals surface area contributed by atoms with E-state index in [2.05, 4.69) is 20.6 Å². The average Bonchev–Trinajstić information content (AvgIpc) is 2.75. The molecule has 0 saturated carbocycles. The van der Waals surface area contributed by atoms with E-state index >= 15 is 0 Å². The molecule has 0 bridgehead atoms. The van der Waals surface area contributed by atoms with Gasteiger partial charge in [0, 0.05) is 16.1 Å². The number of fused-ring (bicyclic) bond motifs is 1. The summed E-state index contributed by atoms with van der Waals surface area (Å²) in [7, 11) is 1.55. The summed E-state index contributed by atoms with van der Waals surface area (Å²) < 4.78 is 5.29. The number of amides is 1. The van der Waals surface area contributed by atoms with E-state index in [0.29, 0.717) is 27.8 Å². The van der Waals surface area contributed by atoms with Crippen LogP contribution >= 0.6 is 11.6 Å². The Kier molecular flexibility index (Phi) is 5.27. The Bertz CT molecular complexity index is 1180. The third-order valence-electron chi connectivity index (χ3n) is 4.27. The Morgan fingerprint density at radius 1 is 0.931 bits per heavy atom. The second kappa shape index (κ2) is 8.16. The maximum Gasteiger partial charge on any atom is 0.293 e. The molecule has 0 saturated heterocycles. The first-order valence-corrected chi connectivity index (χ1v) is 9.25. The van der Waals surface area contributed by atoms with Crippen molar-refractivity contribution >= 4 is 45.6 Å². The quantitative estimate of drug-likeness (QED) is 0.472. The molecular formula is C22H17ClN4O2. The van der Waals surface area contributed by atoms with Gasteiger partial charge in [-0.2, -0.15) is 0 Å². The largest absolute Gasteiger partial charge is 0.495 e. The standard InChI is InChI=1S/C22H17ClN4O2/c1-29-19-9-5-4-8-18(19)26-22(28)21-25-17-7-3-2-6-16(17)20(27-21)24-15-12-10-14(23)11-13-15/h2-13H,1H3,(H,26,28)(H,24,25,27). The van der Waals surface area contributed by atoms with Crippen LogP contribution < -0.4 is 15.4 Å². The van der Waals surface area contributed by atoms with Gasteiger partial charge in [-0.25, -0.2) is 9.97 Å². The summed E-state index contributed by atoms with van der Waals surface area (Å²) in [5.74, 6) is 0.703. The lowest BCUT2D eigenvalue weighted by molar-refractivity contribution is 0.101. The van der Waals surface area contributed by atoms with Crippen molar-refractivity contribution in [2.45, 2.75) is 0 Å². The van der Waals surface area contributed by atoms with Crippen molar-refractivity contribution in [1.29, 1.82) is 0 Å². The summed E-state index contributed by atoms with van der Waals surface area (Å²) in [6.45, 7) is 0. The number of carbonyl (C=O) groups is 1. The molecule has 0 aliphatic heterocycles. The van der Waals surface area contributed by atoms with E-state index in [0.717, 1.165) is 11.1 Å². The van der Waals surface area contributed by atoms with Crippen molar-refractivity contribution in [3.63, 3.8) is 0 Å². The first-order chi connectivity index (χ1) is 14.1. The number of hydrogen-bond acceptors (Lipinski definition) is 5. The highest BCUT2D eigenvalue weighted by Gasteiger charge is 2.16. The maximum atomic E-state index is 12.8. The van der Waals surface area contributed by atoms with Crippen molar-refractivity contribution in [3.8, 4) is 5.75 Å². The van der Waals surface area contributed by atoms with Crippen LogP contribution in [0.15, 0.2) is 72.8 Å². The molecule has 6 nitrogen and oxygen atoms in total.